The quantitative estimate of drug-likeness (QED) is 0.667. The molecule has 0 fully saturated rings. The zero-order valence-corrected chi connectivity index (χ0v) is 13.0. The molecule has 0 aliphatic carbocycles. The SMILES string of the molecule is O=C(NC[C@@H](O)c1cccc(F)c1)c1cn[nH]c1-c1ccccc1F. The maximum absolute atomic E-state index is 13.9. The van der Waals surface area contributed by atoms with Gasteiger partial charge in [0, 0.05) is 12.1 Å². The molecule has 0 aliphatic rings. The van der Waals surface area contributed by atoms with Crippen molar-refractivity contribution in [2.75, 3.05) is 6.54 Å². The average molecular weight is 343 g/mol. The summed E-state index contributed by atoms with van der Waals surface area (Å²) in [4.78, 5) is 12.3. The second-order valence-electron chi connectivity index (χ2n) is 5.42. The Morgan fingerprint density at radius 3 is 2.76 bits per heavy atom. The number of carbonyl (C=O) groups excluding carboxylic acids is 1. The lowest BCUT2D eigenvalue weighted by Gasteiger charge is -2.12. The molecule has 0 aliphatic heterocycles. The summed E-state index contributed by atoms with van der Waals surface area (Å²) in [5, 5.41) is 19.0. The lowest BCUT2D eigenvalue weighted by molar-refractivity contribution is 0.0917. The molecule has 2 aromatic carbocycles. The van der Waals surface area contributed by atoms with E-state index in [-0.39, 0.29) is 23.4 Å². The van der Waals surface area contributed by atoms with Gasteiger partial charge in [-0.3, -0.25) is 9.89 Å². The Hall–Kier alpha value is -3.06. The van der Waals surface area contributed by atoms with Gasteiger partial charge in [0.05, 0.1) is 23.6 Å². The first kappa shape index (κ1) is 16.8. The van der Waals surface area contributed by atoms with Gasteiger partial charge in [-0.1, -0.05) is 24.3 Å². The molecular weight excluding hydrogens is 328 g/mol. The standard InChI is InChI=1S/C18H15F2N3O2/c19-12-5-3-4-11(8-12)16(24)10-21-18(25)14-9-22-23-17(14)13-6-1-2-7-15(13)20/h1-9,16,24H,10H2,(H,21,25)(H,22,23)/t16-/m1/s1. The third kappa shape index (κ3) is 3.72. The third-order valence-corrected chi connectivity index (χ3v) is 3.72. The summed E-state index contributed by atoms with van der Waals surface area (Å²) < 4.78 is 27.1. The molecule has 0 unspecified atom stereocenters. The number of hydrogen-bond acceptors (Lipinski definition) is 3. The van der Waals surface area contributed by atoms with Crippen molar-refractivity contribution in [1.29, 1.82) is 0 Å². The lowest BCUT2D eigenvalue weighted by Crippen LogP contribution is -2.28. The molecule has 1 atom stereocenters. The second-order valence-corrected chi connectivity index (χ2v) is 5.42. The molecule has 1 aromatic heterocycles. The summed E-state index contributed by atoms with van der Waals surface area (Å²) in [7, 11) is 0. The van der Waals surface area contributed by atoms with Gasteiger partial charge in [0.2, 0.25) is 0 Å². The Morgan fingerprint density at radius 2 is 2.00 bits per heavy atom. The summed E-state index contributed by atoms with van der Waals surface area (Å²) in [5.74, 6) is -1.48. The molecule has 3 N–H and O–H groups in total. The molecular formula is C18H15F2N3O2. The highest BCUT2D eigenvalue weighted by Crippen LogP contribution is 2.24. The Balaban J connectivity index is 1.73. The van der Waals surface area contributed by atoms with E-state index in [1.54, 1.807) is 18.2 Å². The molecule has 0 spiro atoms. The smallest absolute Gasteiger partial charge is 0.255 e. The van der Waals surface area contributed by atoms with Crippen molar-refractivity contribution >= 4 is 5.91 Å². The van der Waals surface area contributed by atoms with Crippen molar-refractivity contribution in [1.82, 2.24) is 15.5 Å². The van der Waals surface area contributed by atoms with E-state index < -0.39 is 23.6 Å². The van der Waals surface area contributed by atoms with Crippen LogP contribution in [0.3, 0.4) is 0 Å². The normalized spacial score (nSPS) is 12.0. The zero-order valence-electron chi connectivity index (χ0n) is 13.0. The zero-order chi connectivity index (χ0) is 17.8. The molecule has 0 bridgehead atoms. The molecule has 1 amide bonds. The first-order chi connectivity index (χ1) is 12.1. The highest BCUT2D eigenvalue weighted by molar-refractivity contribution is 5.99. The van der Waals surface area contributed by atoms with E-state index in [2.05, 4.69) is 15.5 Å². The second kappa shape index (κ2) is 7.23. The number of rotatable bonds is 5. The van der Waals surface area contributed by atoms with Crippen LogP contribution in [0.1, 0.15) is 22.0 Å². The van der Waals surface area contributed by atoms with Gasteiger partial charge in [-0.05, 0) is 29.8 Å². The summed E-state index contributed by atoms with van der Waals surface area (Å²) in [5.41, 5.74) is 0.963. The van der Waals surface area contributed by atoms with Crippen LogP contribution in [-0.4, -0.2) is 27.8 Å². The van der Waals surface area contributed by atoms with Crippen molar-refractivity contribution in [2.24, 2.45) is 0 Å². The van der Waals surface area contributed by atoms with Crippen molar-refractivity contribution in [3.05, 3.63) is 77.5 Å². The predicted octanol–water partition coefficient (Wildman–Crippen LogP) is 2.82. The van der Waals surface area contributed by atoms with Crippen LogP contribution in [0.5, 0.6) is 0 Å². The molecule has 3 aromatic rings. The van der Waals surface area contributed by atoms with E-state index in [0.717, 1.165) is 0 Å². The van der Waals surface area contributed by atoms with Crippen LogP contribution in [0.4, 0.5) is 8.78 Å². The molecule has 1 heterocycles. The number of amides is 1. The van der Waals surface area contributed by atoms with E-state index in [1.807, 2.05) is 0 Å². The van der Waals surface area contributed by atoms with Gasteiger partial charge in [-0.2, -0.15) is 5.10 Å². The van der Waals surface area contributed by atoms with E-state index >= 15 is 0 Å². The van der Waals surface area contributed by atoms with Crippen LogP contribution in [0.25, 0.3) is 11.3 Å². The summed E-state index contributed by atoms with van der Waals surface area (Å²) in [6.45, 7) is -0.121. The first-order valence-corrected chi connectivity index (χ1v) is 7.56. The summed E-state index contributed by atoms with van der Waals surface area (Å²) >= 11 is 0. The maximum Gasteiger partial charge on any atom is 0.255 e. The molecule has 3 rings (SSSR count). The van der Waals surface area contributed by atoms with Crippen LogP contribution in [0.2, 0.25) is 0 Å². The number of aliphatic hydroxyl groups excluding tert-OH is 1. The van der Waals surface area contributed by atoms with Crippen LogP contribution in [0, 0.1) is 11.6 Å². The molecule has 0 saturated heterocycles. The van der Waals surface area contributed by atoms with Gasteiger partial charge >= 0.3 is 0 Å². The first-order valence-electron chi connectivity index (χ1n) is 7.56. The van der Waals surface area contributed by atoms with Crippen LogP contribution < -0.4 is 5.32 Å². The number of hydrogen-bond donors (Lipinski definition) is 3. The molecule has 5 nitrogen and oxygen atoms in total. The molecule has 0 radical (unpaired) electrons. The fraction of sp³-hybridized carbons (Fsp3) is 0.111. The minimum Gasteiger partial charge on any atom is -0.387 e. The van der Waals surface area contributed by atoms with Crippen molar-refractivity contribution < 1.29 is 18.7 Å². The highest BCUT2D eigenvalue weighted by atomic mass is 19.1. The number of halogens is 2. The molecule has 25 heavy (non-hydrogen) atoms. The number of aromatic amines is 1. The third-order valence-electron chi connectivity index (χ3n) is 3.72. The Labute approximate surface area is 142 Å². The number of carbonyl (C=O) groups is 1. The van der Waals surface area contributed by atoms with Crippen LogP contribution in [0.15, 0.2) is 54.7 Å². The van der Waals surface area contributed by atoms with Gasteiger partial charge in [0.1, 0.15) is 11.6 Å². The number of benzene rings is 2. The average Bonchev–Trinajstić information content (AvgIpc) is 3.09. The number of aliphatic hydroxyl groups is 1. The van der Waals surface area contributed by atoms with Gasteiger partial charge in [-0.15, -0.1) is 0 Å². The van der Waals surface area contributed by atoms with Gasteiger partial charge in [0.25, 0.3) is 5.91 Å². The van der Waals surface area contributed by atoms with Gasteiger partial charge in [-0.25, -0.2) is 8.78 Å². The number of nitrogens with one attached hydrogen (secondary N) is 2. The molecule has 128 valence electrons. The minimum atomic E-state index is -1.07. The monoisotopic (exact) mass is 343 g/mol. The Bertz CT molecular complexity index is 895. The van der Waals surface area contributed by atoms with Crippen LogP contribution in [-0.2, 0) is 0 Å². The van der Waals surface area contributed by atoms with Crippen molar-refractivity contribution in [3.63, 3.8) is 0 Å². The topological polar surface area (TPSA) is 78.0 Å². The van der Waals surface area contributed by atoms with Gasteiger partial charge in [0.15, 0.2) is 0 Å². The lowest BCUT2D eigenvalue weighted by atomic mass is 10.1. The van der Waals surface area contributed by atoms with E-state index in [9.17, 15) is 18.7 Å². The van der Waals surface area contributed by atoms with Crippen molar-refractivity contribution in [3.8, 4) is 11.3 Å². The minimum absolute atomic E-state index is 0.121. The van der Waals surface area contributed by atoms with Gasteiger partial charge < -0.3 is 10.4 Å². The molecule has 0 saturated carbocycles. The molecule has 7 heteroatoms. The van der Waals surface area contributed by atoms with E-state index in [0.29, 0.717) is 5.56 Å². The fourth-order valence-corrected chi connectivity index (χ4v) is 2.44. The Kier molecular flexibility index (Phi) is 4.85. The van der Waals surface area contributed by atoms with Crippen LogP contribution >= 0.6 is 0 Å². The summed E-state index contributed by atoms with van der Waals surface area (Å²) in [6, 6.07) is 11.5. The van der Waals surface area contributed by atoms with E-state index in [4.69, 9.17) is 0 Å². The Morgan fingerprint density at radius 1 is 1.20 bits per heavy atom. The summed E-state index contributed by atoms with van der Waals surface area (Å²) in [6.07, 6.45) is 0.217. The fourth-order valence-electron chi connectivity index (χ4n) is 2.44. The predicted molar refractivity (Wildman–Crippen MR) is 87.7 cm³/mol. The van der Waals surface area contributed by atoms with Crippen molar-refractivity contribution in [2.45, 2.75) is 6.10 Å². The largest absolute Gasteiger partial charge is 0.387 e. The number of aromatic nitrogens is 2. The maximum atomic E-state index is 13.9. The number of H-pyrrole nitrogens is 1. The number of nitrogens with zero attached hydrogens (tertiary/aromatic N) is 1. The van der Waals surface area contributed by atoms with E-state index in [1.165, 1.54) is 36.5 Å². The highest BCUT2D eigenvalue weighted by Gasteiger charge is 2.18.